The summed E-state index contributed by atoms with van der Waals surface area (Å²) in [5, 5.41) is 3.48. The molecule has 0 atom stereocenters. The highest BCUT2D eigenvalue weighted by Gasteiger charge is 2.27. The number of nitrogens with one attached hydrogen (secondary N) is 1. The maximum atomic E-state index is 13.3. The Hall–Kier alpha value is -2.09. The first-order valence-corrected chi connectivity index (χ1v) is 11.8. The van der Waals surface area contributed by atoms with E-state index in [-0.39, 0.29) is 21.5 Å². The van der Waals surface area contributed by atoms with E-state index >= 15 is 0 Å². The summed E-state index contributed by atoms with van der Waals surface area (Å²) >= 11 is 18.4. The number of halogens is 3. The fraction of sp³-hybridized carbons (Fsp3) is 0.136. The van der Waals surface area contributed by atoms with Crippen LogP contribution in [0.5, 0.6) is 0 Å². The number of carbonyl (C=O) groups is 1. The Morgan fingerprint density at radius 1 is 0.903 bits per heavy atom. The zero-order valence-electron chi connectivity index (χ0n) is 16.5. The van der Waals surface area contributed by atoms with Gasteiger partial charge in [-0.05, 0) is 42.8 Å². The van der Waals surface area contributed by atoms with Crippen molar-refractivity contribution in [1.29, 1.82) is 0 Å². The number of hydrogen-bond acceptors (Lipinski definition) is 3. The Kier molecular flexibility index (Phi) is 7.62. The fourth-order valence-corrected chi connectivity index (χ4v) is 4.77. The van der Waals surface area contributed by atoms with Crippen molar-refractivity contribution in [3.05, 3.63) is 92.9 Å². The minimum absolute atomic E-state index is 0.0768. The van der Waals surface area contributed by atoms with Crippen LogP contribution in [0.4, 0.5) is 5.69 Å². The first-order valence-electron chi connectivity index (χ1n) is 9.22. The van der Waals surface area contributed by atoms with Gasteiger partial charge in [0.05, 0.1) is 27.2 Å². The van der Waals surface area contributed by atoms with Gasteiger partial charge in [-0.1, -0.05) is 76.8 Å². The van der Waals surface area contributed by atoms with E-state index in [1.165, 1.54) is 12.1 Å². The number of rotatable bonds is 7. The summed E-state index contributed by atoms with van der Waals surface area (Å²) in [4.78, 5) is 12.8. The highest BCUT2D eigenvalue weighted by molar-refractivity contribution is 7.89. The van der Waals surface area contributed by atoms with Crippen LogP contribution in [0.25, 0.3) is 0 Å². The van der Waals surface area contributed by atoms with E-state index in [0.29, 0.717) is 16.3 Å². The minimum Gasteiger partial charge on any atom is -0.324 e. The lowest BCUT2D eigenvalue weighted by molar-refractivity contribution is -0.116. The van der Waals surface area contributed by atoms with Gasteiger partial charge in [0.25, 0.3) is 0 Å². The Balaban J connectivity index is 1.91. The lowest BCUT2D eigenvalue weighted by Gasteiger charge is -2.23. The second-order valence-corrected chi connectivity index (χ2v) is 9.96. The number of carbonyl (C=O) groups excluding carboxylic acids is 1. The smallest absolute Gasteiger partial charge is 0.243 e. The van der Waals surface area contributed by atoms with Gasteiger partial charge in [-0.25, -0.2) is 8.42 Å². The molecule has 0 saturated heterocycles. The maximum Gasteiger partial charge on any atom is 0.243 e. The third kappa shape index (κ3) is 5.79. The molecule has 0 spiro atoms. The second-order valence-electron chi connectivity index (χ2n) is 6.83. The number of benzene rings is 3. The zero-order chi connectivity index (χ0) is 22.6. The van der Waals surface area contributed by atoms with Gasteiger partial charge in [0.2, 0.25) is 15.9 Å². The van der Waals surface area contributed by atoms with Crippen LogP contribution < -0.4 is 5.32 Å². The number of amides is 1. The molecular formula is C22H19Cl3N2O3S. The van der Waals surface area contributed by atoms with E-state index in [1.807, 2.05) is 6.92 Å². The van der Waals surface area contributed by atoms with Gasteiger partial charge >= 0.3 is 0 Å². The summed E-state index contributed by atoms with van der Waals surface area (Å²) < 4.78 is 27.7. The van der Waals surface area contributed by atoms with Gasteiger partial charge < -0.3 is 5.32 Å². The molecule has 5 nitrogen and oxygen atoms in total. The topological polar surface area (TPSA) is 66.5 Å². The number of nitrogens with zero attached hydrogens (tertiary/aromatic N) is 1. The molecule has 3 aromatic carbocycles. The summed E-state index contributed by atoms with van der Waals surface area (Å²) in [5.74, 6) is -0.563. The van der Waals surface area contributed by atoms with Crippen LogP contribution in [0.2, 0.25) is 15.1 Å². The van der Waals surface area contributed by atoms with Crippen LogP contribution in [0.3, 0.4) is 0 Å². The van der Waals surface area contributed by atoms with Crippen molar-refractivity contribution in [1.82, 2.24) is 4.31 Å². The van der Waals surface area contributed by atoms with Gasteiger partial charge in [-0.2, -0.15) is 4.31 Å². The van der Waals surface area contributed by atoms with Crippen LogP contribution in [0.1, 0.15) is 11.1 Å². The Labute approximate surface area is 196 Å². The third-order valence-corrected chi connectivity index (χ3v) is 7.50. The molecule has 0 fully saturated rings. The fourth-order valence-electron chi connectivity index (χ4n) is 2.85. The molecule has 0 saturated carbocycles. The first-order chi connectivity index (χ1) is 14.7. The molecule has 0 aliphatic carbocycles. The summed E-state index contributed by atoms with van der Waals surface area (Å²) in [6, 6.07) is 18.1. The highest BCUT2D eigenvalue weighted by atomic mass is 35.5. The predicted octanol–water partition coefficient (Wildman–Crippen LogP) is 5.78. The molecule has 0 aliphatic heterocycles. The number of hydrogen-bond donors (Lipinski definition) is 1. The van der Waals surface area contributed by atoms with E-state index in [1.54, 1.807) is 54.6 Å². The Morgan fingerprint density at radius 3 is 2.23 bits per heavy atom. The van der Waals surface area contributed by atoms with Crippen molar-refractivity contribution in [3.63, 3.8) is 0 Å². The minimum atomic E-state index is -3.98. The molecule has 1 amide bonds. The van der Waals surface area contributed by atoms with Crippen molar-refractivity contribution in [2.24, 2.45) is 0 Å². The van der Waals surface area contributed by atoms with Crippen molar-refractivity contribution in [2.45, 2.75) is 18.4 Å². The van der Waals surface area contributed by atoms with E-state index in [0.717, 1.165) is 9.87 Å². The molecule has 3 aromatic rings. The van der Waals surface area contributed by atoms with Gasteiger partial charge in [0, 0.05) is 11.6 Å². The van der Waals surface area contributed by atoms with Crippen LogP contribution in [0.15, 0.2) is 71.6 Å². The van der Waals surface area contributed by atoms with Crippen LogP contribution in [-0.4, -0.2) is 25.2 Å². The molecule has 0 bridgehead atoms. The van der Waals surface area contributed by atoms with Crippen LogP contribution in [-0.2, 0) is 21.4 Å². The van der Waals surface area contributed by atoms with Gasteiger partial charge in [0.1, 0.15) is 0 Å². The maximum absolute atomic E-state index is 13.3. The van der Waals surface area contributed by atoms with Crippen LogP contribution >= 0.6 is 34.8 Å². The van der Waals surface area contributed by atoms with Crippen molar-refractivity contribution in [3.8, 4) is 0 Å². The van der Waals surface area contributed by atoms with Gasteiger partial charge in [-0.15, -0.1) is 0 Å². The van der Waals surface area contributed by atoms with Gasteiger partial charge in [0.15, 0.2) is 0 Å². The van der Waals surface area contributed by atoms with E-state index < -0.39 is 22.5 Å². The van der Waals surface area contributed by atoms with E-state index in [4.69, 9.17) is 34.8 Å². The van der Waals surface area contributed by atoms with E-state index in [9.17, 15) is 13.2 Å². The average Bonchev–Trinajstić information content (AvgIpc) is 2.73. The normalized spacial score (nSPS) is 11.5. The summed E-state index contributed by atoms with van der Waals surface area (Å²) in [6.45, 7) is 1.34. The number of anilines is 1. The molecular weight excluding hydrogens is 479 g/mol. The first kappa shape index (κ1) is 23.6. The molecule has 0 aliphatic rings. The summed E-state index contributed by atoms with van der Waals surface area (Å²) in [7, 11) is -3.98. The number of aryl methyl sites for hydroxylation is 1. The Bertz CT molecular complexity index is 1200. The number of sulfonamides is 1. The van der Waals surface area contributed by atoms with E-state index in [2.05, 4.69) is 5.32 Å². The summed E-state index contributed by atoms with van der Waals surface area (Å²) in [6.07, 6.45) is 0. The third-order valence-electron chi connectivity index (χ3n) is 4.51. The highest BCUT2D eigenvalue weighted by Crippen LogP contribution is 2.30. The Morgan fingerprint density at radius 2 is 1.55 bits per heavy atom. The van der Waals surface area contributed by atoms with Crippen molar-refractivity contribution < 1.29 is 13.2 Å². The quantitative estimate of drug-likeness (QED) is 0.449. The molecule has 0 heterocycles. The van der Waals surface area contributed by atoms with Crippen LogP contribution in [0, 0.1) is 6.92 Å². The average molecular weight is 498 g/mol. The van der Waals surface area contributed by atoms with Gasteiger partial charge in [-0.3, -0.25) is 4.79 Å². The summed E-state index contributed by atoms with van der Waals surface area (Å²) in [5.41, 5.74) is 1.79. The lowest BCUT2D eigenvalue weighted by atomic mass is 10.2. The molecule has 9 heteroatoms. The molecule has 0 radical (unpaired) electrons. The SMILES string of the molecule is Cc1ccc(S(=O)(=O)N(CC(=O)Nc2cccc(Cl)c2Cl)Cc2ccccc2Cl)cc1. The molecule has 31 heavy (non-hydrogen) atoms. The molecule has 0 unspecified atom stereocenters. The molecule has 162 valence electrons. The predicted molar refractivity (Wildman–Crippen MR) is 125 cm³/mol. The molecule has 3 rings (SSSR count). The lowest BCUT2D eigenvalue weighted by Crippen LogP contribution is -2.37. The molecule has 0 aromatic heterocycles. The monoisotopic (exact) mass is 496 g/mol. The molecule has 1 N–H and O–H groups in total. The van der Waals surface area contributed by atoms with Crippen molar-refractivity contribution >= 4 is 56.4 Å². The standard InChI is InChI=1S/C22H19Cl3N2O3S/c1-15-9-11-17(12-10-15)31(29,30)27(13-16-5-2-3-6-18(16)23)14-21(28)26-20-8-4-7-19(24)22(20)25/h2-12H,13-14H2,1H3,(H,26,28). The largest absolute Gasteiger partial charge is 0.324 e. The second kappa shape index (κ2) is 10.0. The zero-order valence-corrected chi connectivity index (χ0v) is 19.6. The van der Waals surface area contributed by atoms with Crippen molar-refractivity contribution in [2.75, 3.05) is 11.9 Å².